The lowest BCUT2D eigenvalue weighted by atomic mass is 9.97. The van der Waals surface area contributed by atoms with E-state index in [1.807, 2.05) is 45.0 Å². The number of hydrogen-bond donors (Lipinski definition) is 2. The molecular formula is C24H27N3O4. The molecule has 1 heterocycles. The molecular weight excluding hydrogens is 394 g/mol. The molecule has 2 aromatic carbocycles. The van der Waals surface area contributed by atoms with Gasteiger partial charge in [0, 0.05) is 0 Å². The Morgan fingerprint density at radius 2 is 1.87 bits per heavy atom. The smallest absolute Gasteiger partial charge is 0.303 e. The fourth-order valence-electron chi connectivity index (χ4n) is 3.69. The Kier molecular flexibility index (Phi) is 6.44. The molecule has 7 nitrogen and oxygen atoms in total. The first-order valence-electron chi connectivity index (χ1n) is 10.0. The van der Waals surface area contributed by atoms with Crippen molar-refractivity contribution in [1.82, 2.24) is 9.55 Å². The molecule has 1 aromatic heterocycles. The van der Waals surface area contributed by atoms with Crippen LogP contribution < -0.4 is 16.0 Å². The number of rotatable bonds is 7. The zero-order valence-electron chi connectivity index (χ0n) is 18.2. The van der Waals surface area contributed by atoms with Crippen molar-refractivity contribution in [3.8, 4) is 16.9 Å². The van der Waals surface area contributed by atoms with Crippen LogP contribution in [-0.2, 0) is 11.3 Å². The van der Waals surface area contributed by atoms with Gasteiger partial charge in [-0.1, -0.05) is 37.3 Å². The van der Waals surface area contributed by atoms with Gasteiger partial charge in [-0.05, 0) is 48.6 Å². The molecule has 0 aliphatic carbocycles. The van der Waals surface area contributed by atoms with E-state index in [0.717, 1.165) is 11.1 Å². The fourth-order valence-corrected chi connectivity index (χ4v) is 3.69. The van der Waals surface area contributed by atoms with Crippen molar-refractivity contribution >= 4 is 11.7 Å². The summed E-state index contributed by atoms with van der Waals surface area (Å²) in [7, 11) is 1.54. The largest absolute Gasteiger partial charge is 0.495 e. The molecule has 0 saturated carbocycles. The maximum absolute atomic E-state index is 13.4. The molecule has 0 fully saturated rings. The summed E-state index contributed by atoms with van der Waals surface area (Å²) in [5.41, 5.74) is 10.0. The maximum atomic E-state index is 13.4. The number of nitrogen functional groups attached to an aromatic ring is 1. The quantitative estimate of drug-likeness (QED) is 0.563. The van der Waals surface area contributed by atoms with Crippen molar-refractivity contribution in [2.45, 2.75) is 39.7 Å². The first-order chi connectivity index (χ1) is 14.7. The number of aryl methyl sites for hydroxylation is 2. The van der Waals surface area contributed by atoms with Crippen molar-refractivity contribution < 1.29 is 14.6 Å². The van der Waals surface area contributed by atoms with Crippen LogP contribution in [0.2, 0.25) is 0 Å². The van der Waals surface area contributed by atoms with E-state index in [1.54, 1.807) is 22.8 Å². The van der Waals surface area contributed by atoms with Gasteiger partial charge in [0.15, 0.2) is 0 Å². The van der Waals surface area contributed by atoms with Crippen LogP contribution in [0, 0.1) is 13.8 Å². The molecule has 0 radical (unpaired) electrons. The molecule has 0 aliphatic rings. The minimum Gasteiger partial charge on any atom is -0.495 e. The second-order valence-electron chi connectivity index (χ2n) is 7.71. The van der Waals surface area contributed by atoms with Crippen LogP contribution >= 0.6 is 0 Å². The third kappa shape index (κ3) is 4.77. The summed E-state index contributed by atoms with van der Waals surface area (Å²) in [5, 5.41) is 8.99. The summed E-state index contributed by atoms with van der Waals surface area (Å²) in [4.78, 5) is 28.9. The Hall–Kier alpha value is -3.61. The molecule has 162 valence electrons. The molecule has 1 atom stereocenters. The summed E-state index contributed by atoms with van der Waals surface area (Å²) < 4.78 is 6.94. The predicted octanol–water partition coefficient (Wildman–Crippen LogP) is 3.74. The summed E-state index contributed by atoms with van der Waals surface area (Å²) in [6.07, 6.45) is 0.0776. The van der Waals surface area contributed by atoms with Crippen LogP contribution in [0.3, 0.4) is 0 Å². The predicted molar refractivity (Wildman–Crippen MR) is 121 cm³/mol. The second kappa shape index (κ2) is 9.04. The zero-order chi connectivity index (χ0) is 22.7. The number of ether oxygens (including phenoxy) is 1. The van der Waals surface area contributed by atoms with Gasteiger partial charge in [-0.25, -0.2) is 4.98 Å². The number of hydrogen-bond acceptors (Lipinski definition) is 5. The van der Waals surface area contributed by atoms with Crippen LogP contribution in [0.15, 0.2) is 47.3 Å². The third-order valence-corrected chi connectivity index (χ3v) is 5.43. The third-order valence-electron chi connectivity index (χ3n) is 5.43. The number of benzene rings is 2. The summed E-state index contributed by atoms with van der Waals surface area (Å²) in [5.74, 6) is 0.229. The first-order valence-corrected chi connectivity index (χ1v) is 10.0. The Morgan fingerprint density at radius 1 is 1.19 bits per heavy atom. The molecule has 0 unspecified atom stereocenters. The molecule has 7 heteroatoms. The highest BCUT2D eigenvalue weighted by Crippen LogP contribution is 2.28. The van der Waals surface area contributed by atoms with Gasteiger partial charge >= 0.3 is 5.97 Å². The molecule has 0 spiro atoms. The minimum atomic E-state index is -0.823. The zero-order valence-corrected chi connectivity index (χ0v) is 18.2. The topological polar surface area (TPSA) is 107 Å². The van der Waals surface area contributed by atoms with E-state index < -0.39 is 5.97 Å². The Balaban J connectivity index is 1.97. The van der Waals surface area contributed by atoms with Gasteiger partial charge in [0.05, 0.1) is 37.0 Å². The lowest BCUT2D eigenvalue weighted by Gasteiger charge is -2.15. The van der Waals surface area contributed by atoms with Crippen LogP contribution in [-0.4, -0.2) is 27.7 Å². The Bertz CT molecular complexity index is 1170. The van der Waals surface area contributed by atoms with E-state index in [-0.39, 0.29) is 17.9 Å². The highest BCUT2D eigenvalue weighted by molar-refractivity contribution is 5.71. The number of aliphatic carboxylic acids is 1. The number of nitrogens with two attached hydrogens (primary N) is 1. The van der Waals surface area contributed by atoms with Crippen molar-refractivity contribution in [2.75, 3.05) is 12.8 Å². The number of carboxylic acids is 1. The van der Waals surface area contributed by atoms with Crippen molar-refractivity contribution in [2.24, 2.45) is 0 Å². The minimum absolute atomic E-state index is 0.0776. The summed E-state index contributed by atoms with van der Waals surface area (Å²) >= 11 is 0. The fraction of sp³-hybridized carbons (Fsp3) is 0.292. The number of carboxylic acid groups (broad SMARTS) is 1. The van der Waals surface area contributed by atoms with Gasteiger partial charge in [-0.2, -0.15) is 0 Å². The molecule has 3 rings (SSSR count). The van der Waals surface area contributed by atoms with Crippen LogP contribution in [0.5, 0.6) is 5.75 Å². The molecule has 31 heavy (non-hydrogen) atoms. The van der Waals surface area contributed by atoms with Gasteiger partial charge < -0.3 is 15.6 Å². The van der Waals surface area contributed by atoms with E-state index in [0.29, 0.717) is 40.6 Å². The number of carbonyl (C=O) groups is 1. The standard InChI is InChI=1S/C24H27N3O4/c1-14(11-22(28)29)18-7-5-17(6-8-18)13-27-16(3)26-15(2)23(24(27)30)19-9-10-20(25)21(12-19)31-4/h5-10,12,14H,11,13,25H2,1-4H3,(H,28,29)/t14-/m1/s1. The Morgan fingerprint density at radius 3 is 2.48 bits per heavy atom. The first kappa shape index (κ1) is 22.1. The highest BCUT2D eigenvalue weighted by Gasteiger charge is 2.16. The molecule has 3 aromatic rings. The second-order valence-corrected chi connectivity index (χ2v) is 7.71. The molecule has 0 saturated heterocycles. The van der Waals surface area contributed by atoms with Gasteiger partial charge in [0.1, 0.15) is 11.6 Å². The number of nitrogens with zero attached hydrogens (tertiary/aromatic N) is 2. The van der Waals surface area contributed by atoms with Gasteiger partial charge in [-0.3, -0.25) is 14.2 Å². The molecule has 3 N–H and O–H groups in total. The van der Waals surface area contributed by atoms with Crippen molar-refractivity contribution in [1.29, 1.82) is 0 Å². The summed E-state index contributed by atoms with van der Waals surface area (Å²) in [6, 6.07) is 12.9. The van der Waals surface area contributed by atoms with Gasteiger partial charge in [-0.15, -0.1) is 0 Å². The van der Waals surface area contributed by atoms with Crippen LogP contribution in [0.4, 0.5) is 5.69 Å². The lowest BCUT2D eigenvalue weighted by Crippen LogP contribution is -2.27. The van der Waals surface area contributed by atoms with Gasteiger partial charge in [0.2, 0.25) is 0 Å². The van der Waals surface area contributed by atoms with E-state index >= 15 is 0 Å². The molecule has 0 amide bonds. The monoisotopic (exact) mass is 421 g/mol. The van der Waals surface area contributed by atoms with Crippen molar-refractivity contribution in [3.05, 3.63) is 75.5 Å². The molecule has 0 aliphatic heterocycles. The van der Waals surface area contributed by atoms with E-state index in [1.165, 1.54) is 7.11 Å². The average Bonchev–Trinajstić information content (AvgIpc) is 2.72. The number of methoxy groups -OCH3 is 1. The van der Waals surface area contributed by atoms with Gasteiger partial charge in [0.25, 0.3) is 5.56 Å². The highest BCUT2D eigenvalue weighted by atomic mass is 16.5. The Labute approximate surface area is 181 Å². The SMILES string of the molecule is COc1cc(-c2c(C)nc(C)n(Cc3ccc([C@H](C)CC(=O)O)cc3)c2=O)ccc1N. The normalized spacial score (nSPS) is 11.9. The van der Waals surface area contributed by atoms with Crippen LogP contribution in [0.1, 0.15) is 41.9 Å². The lowest BCUT2D eigenvalue weighted by molar-refractivity contribution is -0.137. The maximum Gasteiger partial charge on any atom is 0.303 e. The van der Waals surface area contributed by atoms with Crippen LogP contribution in [0.25, 0.3) is 11.1 Å². The number of aromatic nitrogens is 2. The van der Waals surface area contributed by atoms with E-state index in [2.05, 4.69) is 4.98 Å². The average molecular weight is 421 g/mol. The van der Waals surface area contributed by atoms with Crippen molar-refractivity contribution in [3.63, 3.8) is 0 Å². The summed E-state index contributed by atoms with van der Waals surface area (Å²) in [6.45, 7) is 5.88. The number of anilines is 1. The molecule has 0 bridgehead atoms. The van der Waals surface area contributed by atoms with E-state index in [9.17, 15) is 9.59 Å². The van der Waals surface area contributed by atoms with E-state index in [4.69, 9.17) is 15.6 Å².